The van der Waals surface area contributed by atoms with E-state index < -0.39 is 27.0 Å². The molecule has 0 aliphatic carbocycles. The predicted molar refractivity (Wildman–Crippen MR) is 111 cm³/mol. The van der Waals surface area contributed by atoms with Crippen molar-refractivity contribution in [2.75, 3.05) is 22.8 Å². The van der Waals surface area contributed by atoms with E-state index in [1.807, 2.05) is 20.8 Å². The van der Waals surface area contributed by atoms with Gasteiger partial charge in [-0.2, -0.15) is 0 Å². The molecule has 0 bridgehead atoms. The summed E-state index contributed by atoms with van der Waals surface area (Å²) in [5.41, 5.74) is 0.300. The molecule has 1 N–H and O–H groups in total. The summed E-state index contributed by atoms with van der Waals surface area (Å²) < 4.78 is 47.1. The highest BCUT2D eigenvalue weighted by Crippen LogP contribution is 2.38. The first-order valence-corrected chi connectivity index (χ1v) is 11.1. The first-order valence-electron chi connectivity index (χ1n) is 9.46. The number of carbonyl (C=O) groups is 1. The van der Waals surface area contributed by atoms with Gasteiger partial charge >= 0.3 is 0 Å². The first kappa shape index (κ1) is 21.1. The lowest BCUT2D eigenvalue weighted by Crippen LogP contribution is -2.42. The van der Waals surface area contributed by atoms with E-state index >= 15 is 0 Å². The number of hydrogen-bond acceptors (Lipinski definition) is 4. The fourth-order valence-electron chi connectivity index (χ4n) is 3.19. The van der Waals surface area contributed by atoms with E-state index in [0.717, 1.165) is 6.42 Å². The Hall–Kier alpha value is -2.61. The molecule has 0 saturated carbocycles. The third-order valence-electron chi connectivity index (χ3n) is 4.69. The van der Waals surface area contributed by atoms with E-state index in [1.54, 1.807) is 29.2 Å². The van der Waals surface area contributed by atoms with Crippen LogP contribution in [0.2, 0.25) is 0 Å². The molecular weight excluding hydrogens is 395 g/mol. The summed E-state index contributed by atoms with van der Waals surface area (Å²) in [6, 6.07) is 10.6. The van der Waals surface area contributed by atoms with Gasteiger partial charge in [0, 0.05) is 18.2 Å². The number of nitrogens with zero attached hydrogens (tertiary/aromatic N) is 1. The summed E-state index contributed by atoms with van der Waals surface area (Å²) in [7, 11) is -3.83. The standard InChI is InChI=1S/C21H25FN2O4S/c1-4-11-24-18-10-9-16(12-19(18)28-14-21(2,3)20(24)25)23-29(26,27)13-15-7-5-6-8-17(15)22/h5-10,12,23H,4,11,13-14H2,1-3H3. The maximum absolute atomic E-state index is 13.8. The second kappa shape index (κ2) is 8.02. The predicted octanol–water partition coefficient (Wildman–Crippen LogP) is 3.93. The van der Waals surface area contributed by atoms with Crippen molar-refractivity contribution in [3.05, 3.63) is 53.8 Å². The van der Waals surface area contributed by atoms with Gasteiger partial charge < -0.3 is 9.64 Å². The van der Waals surface area contributed by atoms with Crippen molar-refractivity contribution >= 4 is 27.3 Å². The maximum atomic E-state index is 13.8. The molecule has 1 heterocycles. The minimum atomic E-state index is -3.83. The van der Waals surface area contributed by atoms with E-state index in [4.69, 9.17) is 4.74 Å². The quantitative estimate of drug-likeness (QED) is 0.768. The average molecular weight is 421 g/mol. The Balaban J connectivity index is 1.88. The molecule has 29 heavy (non-hydrogen) atoms. The highest BCUT2D eigenvalue weighted by atomic mass is 32.2. The number of amides is 1. The summed E-state index contributed by atoms with van der Waals surface area (Å²) in [5.74, 6) is -0.654. The molecule has 1 aliphatic rings. The molecule has 8 heteroatoms. The number of hydrogen-bond donors (Lipinski definition) is 1. The molecule has 0 spiro atoms. The molecule has 0 unspecified atom stereocenters. The van der Waals surface area contributed by atoms with Gasteiger partial charge in [0.2, 0.25) is 15.9 Å². The average Bonchev–Trinajstić information content (AvgIpc) is 2.74. The van der Waals surface area contributed by atoms with Crippen LogP contribution in [0.1, 0.15) is 32.8 Å². The molecule has 0 aromatic heterocycles. The van der Waals surface area contributed by atoms with Crippen molar-refractivity contribution in [1.82, 2.24) is 0 Å². The van der Waals surface area contributed by atoms with Gasteiger partial charge in [0.1, 0.15) is 18.2 Å². The molecule has 1 aliphatic heterocycles. The second-order valence-electron chi connectivity index (χ2n) is 7.76. The van der Waals surface area contributed by atoms with Crippen LogP contribution in [0, 0.1) is 11.2 Å². The molecule has 6 nitrogen and oxygen atoms in total. The smallest absolute Gasteiger partial charge is 0.237 e. The number of ether oxygens (including phenoxy) is 1. The molecule has 3 rings (SSSR count). The number of halogens is 1. The van der Waals surface area contributed by atoms with Crippen LogP contribution in [0.15, 0.2) is 42.5 Å². The molecule has 1 amide bonds. The topological polar surface area (TPSA) is 75.7 Å². The fraction of sp³-hybridized carbons (Fsp3) is 0.381. The van der Waals surface area contributed by atoms with Crippen LogP contribution in [0.3, 0.4) is 0 Å². The van der Waals surface area contributed by atoms with Crippen LogP contribution < -0.4 is 14.4 Å². The zero-order valence-corrected chi connectivity index (χ0v) is 17.6. The zero-order valence-electron chi connectivity index (χ0n) is 16.7. The Labute approximate surface area is 170 Å². The largest absolute Gasteiger partial charge is 0.490 e. The van der Waals surface area contributed by atoms with Gasteiger partial charge in [0.25, 0.3) is 0 Å². The number of rotatable bonds is 6. The van der Waals surface area contributed by atoms with Crippen LogP contribution >= 0.6 is 0 Å². The number of benzene rings is 2. The van der Waals surface area contributed by atoms with Gasteiger partial charge in [0.15, 0.2) is 0 Å². The summed E-state index contributed by atoms with van der Waals surface area (Å²) in [4.78, 5) is 14.5. The Kier molecular flexibility index (Phi) is 5.84. The molecule has 0 fully saturated rings. The number of sulfonamides is 1. The lowest BCUT2D eigenvalue weighted by Gasteiger charge is -2.27. The summed E-state index contributed by atoms with van der Waals surface area (Å²) in [6.07, 6.45) is 0.776. The van der Waals surface area contributed by atoms with Crippen molar-refractivity contribution in [2.24, 2.45) is 5.41 Å². The Bertz CT molecular complexity index is 1020. The van der Waals surface area contributed by atoms with Crippen molar-refractivity contribution in [3.8, 4) is 5.75 Å². The van der Waals surface area contributed by atoms with E-state index in [-0.39, 0.29) is 18.1 Å². The number of carbonyl (C=O) groups excluding carboxylic acids is 1. The van der Waals surface area contributed by atoms with Crippen LogP contribution in [0.4, 0.5) is 15.8 Å². The zero-order chi connectivity index (χ0) is 21.2. The van der Waals surface area contributed by atoms with Crippen LogP contribution in [-0.2, 0) is 20.6 Å². The highest BCUT2D eigenvalue weighted by Gasteiger charge is 2.37. The normalized spacial score (nSPS) is 16.0. The Morgan fingerprint density at radius 1 is 1.21 bits per heavy atom. The molecule has 2 aromatic carbocycles. The van der Waals surface area contributed by atoms with Crippen molar-refractivity contribution in [1.29, 1.82) is 0 Å². The lowest BCUT2D eigenvalue weighted by molar-refractivity contribution is -0.127. The summed E-state index contributed by atoms with van der Waals surface area (Å²) in [5, 5.41) is 0. The van der Waals surface area contributed by atoms with Crippen molar-refractivity contribution < 1.29 is 22.3 Å². The SMILES string of the molecule is CCCN1C(=O)C(C)(C)COc2cc(NS(=O)(=O)Cc3ccccc3F)ccc21. The van der Waals surface area contributed by atoms with Gasteiger partial charge in [-0.1, -0.05) is 25.1 Å². The Morgan fingerprint density at radius 2 is 1.93 bits per heavy atom. The minimum absolute atomic E-state index is 0.0361. The van der Waals surface area contributed by atoms with Gasteiger partial charge in [-0.15, -0.1) is 0 Å². The molecule has 0 atom stereocenters. The maximum Gasteiger partial charge on any atom is 0.237 e. The molecular formula is C21H25FN2O4S. The third kappa shape index (κ3) is 4.70. The van der Waals surface area contributed by atoms with Gasteiger partial charge in [-0.3, -0.25) is 9.52 Å². The minimum Gasteiger partial charge on any atom is -0.490 e. The first-order chi connectivity index (χ1) is 13.6. The van der Waals surface area contributed by atoms with Crippen LogP contribution in [-0.4, -0.2) is 27.5 Å². The third-order valence-corrected chi connectivity index (χ3v) is 5.92. The van der Waals surface area contributed by atoms with Crippen molar-refractivity contribution in [3.63, 3.8) is 0 Å². The molecule has 2 aromatic rings. The molecule has 156 valence electrons. The van der Waals surface area contributed by atoms with E-state index in [9.17, 15) is 17.6 Å². The fourth-order valence-corrected chi connectivity index (χ4v) is 4.39. The van der Waals surface area contributed by atoms with E-state index in [2.05, 4.69) is 4.72 Å². The summed E-state index contributed by atoms with van der Waals surface area (Å²) >= 11 is 0. The van der Waals surface area contributed by atoms with E-state index in [1.165, 1.54) is 18.2 Å². The van der Waals surface area contributed by atoms with Crippen LogP contribution in [0.25, 0.3) is 0 Å². The van der Waals surface area contributed by atoms with Gasteiger partial charge in [0.05, 0.1) is 22.5 Å². The second-order valence-corrected chi connectivity index (χ2v) is 9.49. The molecule has 0 radical (unpaired) electrons. The number of nitrogens with one attached hydrogen (secondary N) is 1. The monoisotopic (exact) mass is 420 g/mol. The van der Waals surface area contributed by atoms with E-state index in [0.29, 0.717) is 23.7 Å². The number of anilines is 2. The van der Waals surface area contributed by atoms with Crippen molar-refractivity contribution in [2.45, 2.75) is 32.9 Å². The van der Waals surface area contributed by atoms with Gasteiger partial charge in [-0.05, 0) is 38.5 Å². The highest BCUT2D eigenvalue weighted by molar-refractivity contribution is 7.91. The van der Waals surface area contributed by atoms with Crippen LogP contribution in [0.5, 0.6) is 5.75 Å². The lowest BCUT2D eigenvalue weighted by atomic mass is 9.93. The summed E-state index contributed by atoms with van der Waals surface area (Å²) in [6.45, 7) is 6.35. The molecule has 0 saturated heterocycles. The number of fused-ring (bicyclic) bond motifs is 1. The Morgan fingerprint density at radius 3 is 2.62 bits per heavy atom. The van der Waals surface area contributed by atoms with Gasteiger partial charge in [-0.25, -0.2) is 12.8 Å².